The van der Waals surface area contributed by atoms with Crippen LogP contribution in [0.2, 0.25) is 0 Å². The average molecular weight is 339 g/mol. The van der Waals surface area contributed by atoms with E-state index in [1.165, 1.54) is 0 Å². The highest BCUT2D eigenvalue weighted by Crippen LogP contribution is 2.27. The lowest BCUT2D eigenvalue weighted by molar-refractivity contribution is -0.133. The van der Waals surface area contributed by atoms with Gasteiger partial charge in [-0.2, -0.15) is 5.10 Å². The van der Waals surface area contributed by atoms with Crippen LogP contribution in [0.4, 0.5) is 0 Å². The molecule has 0 radical (unpaired) electrons. The molecule has 2 aliphatic rings. The van der Waals surface area contributed by atoms with E-state index in [9.17, 15) is 9.59 Å². The molecule has 0 bridgehead atoms. The number of piperidine rings is 1. The predicted octanol–water partition coefficient (Wildman–Crippen LogP) is 0.795. The van der Waals surface area contributed by atoms with Gasteiger partial charge in [0.25, 0.3) is 0 Å². The van der Waals surface area contributed by atoms with Gasteiger partial charge in [-0.15, -0.1) is 0 Å². The maximum Gasteiger partial charge on any atom is 0.347 e. The SMILES string of the molecule is O=C([C@H]1C=CCN1)N1CCC(c2n[nH]c(=O)n2-c2ccccc2)CC1. The van der Waals surface area contributed by atoms with E-state index < -0.39 is 0 Å². The number of benzene rings is 1. The standard InChI is InChI=1S/C18H21N5O2/c24-17(15-7-4-10-19-15)22-11-8-13(9-12-22)16-20-21-18(25)23(16)14-5-2-1-3-6-14/h1-7,13,15,19H,8-12H2,(H,21,25)/t15-/m1/s1. The van der Waals surface area contributed by atoms with Crippen LogP contribution in [0.25, 0.3) is 5.69 Å². The van der Waals surface area contributed by atoms with Gasteiger partial charge in [-0.25, -0.2) is 14.5 Å². The van der Waals surface area contributed by atoms with Crippen LogP contribution in [0.1, 0.15) is 24.6 Å². The molecule has 2 aromatic rings. The van der Waals surface area contributed by atoms with E-state index in [1.54, 1.807) is 4.57 Å². The van der Waals surface area contributed by atoms with Crippen molar-refractivity contribution >= 4 is 5.91 Å². The van der Waals surface area contributed by atoms with Gasteiger partial charge >= 0.3 is 5.69 Å². The molecule has 0 spiro atoms. The highest BCUT2D eigenvalue weighted by Gasteiger charge is 2.30. The van der Waals surface area contributed by atoms with Crippen molar-refractivity contribution < 1.29 is 4.79 Å². The molecule has 0 saturated carbocycles. The van der Waals surface area contributed by atoms with Gasteiger partial charge in [0.15, 0.2) is 0 Å². The summed E-state index contributed by atoms with van der Waals surface area (Å²) in [6, 6.07) is 9.34. The molecule has 7 heteroatoms. The van der Waals surface area contributed by atoms with Crippen molar-refractivity contribution in [1.82, 2.24) is 25.0 Å². The summed E-state index contributed by atoms with van der Waals surface area (Å²) in [5.74, 6) is 1.05. The first kappa shape index (κ1) is 15.8. The molecule has 1 atom stereocenters. The molecule has 1 aromatic carbocycles. The molecule has 2 N–H and O–H groups in total. The van der Waals surface area contributed by atoms with Gasteiger partial charge in [0.2, 0.25) is 5.91 Å². The Hall–Kier alpha value is -2.67. The first-order valence-electron chi connectivity index (χ1n) is 8.65. The fourth-order valence-corrected chi connectivity index (χ4v) is 3.60. The first-order chi connectivity index (χ1) is 12.2. The summed E-state index contributed by atoms with van der Waals surface area (Å²) in [6.45, 7) is 2.13. The topological polar surface area (TPSA) is 83.0 Å². The van der Waals surface area contributed by atoms with Crippen LogP contribution in [0.3, 0.4) is 0 Å². The second-order valence-electron chi connectivity index (χ2n) is 6.47. The fraction of sp³-hybridized carbons (Fsp3) is 0.389. The Morgan fingerprint density at radius 3 is 2.60 bits per heavy atom. The third-order valence-electron chi connectivity index (χ3n) is 4.93. The number of nitrogens with zero attached hydrogens (tertiary/aromatic N) is 3. The molecule has 25 heavy (non-hydrogen) atoms. The smallest absolute Gasteiger partial charge is 0.341 e. The van der Waals surface area contributed by atoms with Gasteiger partial charge < -0.3 is 4.90 Å². The zero-order valence-corrected chi connectivity index (χ0v) is 13.9. The Bertz CT molecular complexity index is 831. The van der Waals surface area contributed by atoms with E-state index in [2.05, 4.69) is 15.5 Å². The van der Waals surface area contributed by atoms with Gasteiger partial charge in [0, 0.05) is 25.6 Å². The van der Waals surface area contributed by atoms with Crippen molar-refractivity contribution in [2.24, 2.45) is 0 Å². The number of amides is 1. The predicted molar refractivity (Wildman–Crippen MR) is 93.7 cm³/mol. The van der Waals surface area contributed by atoms with E-state index in [-0.39, 0.29) is 23.6 Å². The number of aromatic nitrogens is 3. The van der Waals surface area contributed by atoms with Gasteiger partial charge in [0.1, 0.15) is 11.9 Å². The number of carbonyl (C=O) groups is 1. The molecule has 0 unspecified atom stereocenters. The van der Waals surface area contributed by atoms with Crippen molar-refractivity contribution in [3.8, 4) is 5.69 Å². The number of H-pyrrole nitrogens is 1. The minimum absolute atomic E-state index is 0.134. The molecule has 3 heterocycles. The van der Waals surface area contributed by atoms with Gasteiger partial charge in [0.05, 0.1) is 5.69 Å². The molecule has 2 aliphatic heterocycles. The molecular weight excluding hydrogens is 318 g/mol. The Morgan fingerprint density at radius 1 is 1.16 bits per heavy atom. The lowest BCUT2D eigenvalue weighted by Gasteiger charge is -2.33. The lowest BCUT2D eigenvalue weighted by Crippen LogP contribution is -2.46. The Balaban J connectivity index is 1.49. The number of hydrogen-bond acceptors (Lipinski definition) is 4. The number of nitrogens with one attached hydrogen (secondary N) is 2. The molecular formula is C18H21N5O2. The number of aromatic amines is 1. The van der Waals surface area contributed by atoms with Crippen LogP contribution in [0.5, 0.6) is 0 Å². The normalized spacial score (nSPS) is 21.0. The number of para-hydroxylation sites is 1. The summed E-state index contributed by atoms with van der Waals surface area (Å²) < 4.78 is 1.64. The van der Waals surface area contributed by atoms with Crippen molar-refractivity contribution in [2.45, 2.75) is 24.8 Å². The zero-order valence-electron chi connectivity index (χ0n) is 13.9. The summed E-state index contributed by atoms with van der Waals surface area (Å²) in [5, 5.41) is 10.00. The van der Waals surface area contributed by atoms with Crippen LogP contribution < -0.4 is 11.0 Å². The monoisotopic (exact) mass is 339 g/mol. The van der Waals surface area contributed by atoms with Crippen LogP contribution in [-0.4, -0.2) is 51.2 Å². The van der Waals surface area contributed by atoms with Crippen molar-refractivity contribution in [3.63, 3.8) is 0 Å². The van der Waals surface area contributed by atoms with E-state index in [0.29, 0.717) is 13.1 Å². The number of hydrogen-bond donors (Lipinski definition) is 2. The second kappa shape index (κ2) is 6.68. The largest absolute Gasteiger partial charge is 0.347 e. The summed E-state index contributed by atoms with van der Waals surface area (Å²) in [7, 11) is 0. The summed E-state index contributed by atoms with van der Waals surface area (Å²) >= 11 is 0. The zero-order chi connectivity index (χ0) is 17.2. The minimum atomic E-state index is -0.222. The number of rotatable bonds is 3. The Kier molecular flexibility index (Phi) is 4.23. The maximum absolute atomic E-state index is 12.5. The quantitative estimate of drug-likeness (QED) is 0.810. The van der Waals surface area contributed by atoms with E-state index in [0.717, 1.165) is 30.9 Å². The van der Waals surface area contributed by atoms with Crippen molar-refractivity contribution in [2.75, 3.05) is 19.6 Å². The van der Waals surface area contributed by atoms with Gasteiger partial charge in [-0.1, -0.05) is 30.4 Å². The fourth-order valence-electron chi connectivity index (χ4n) is 3.60. The van der Waals surface area contributed by atoms with Gasteiger partial charge in [-0.3, -0.25) is 10.1 Å². The van der Waals surface area contributed by atoms with Crippen LogP contribution >= 0.6 is 0 Å². The molecule has 0 aliphatic carbocycles. The highest BCUT2D eigenvalue weighted by molar-refractivity contribution is 5.84. The van der Waals surface area contributed by atoms with Crippen LogP contribution in [-0.2, 0) is 4.79 Å². The number of likely N-dealkylation sites (tertiary alicyclic amines) is 1. The summed E-state index contributed by atoms with van der Waals surface area (Å²) in [4.78, 5) is 26.6. The molecule has 130 valence electrons. The first-order valence-corrected chi connectivity index (χ1v) is 8.65. The molecule has 1 saturated heterocycles. The molecule has 1 amide bonds. The van der Waals surface area contributed by atoms with Crippen molar-refractivity contribution in [3.05, 3.63) is 58.8 Å². The average Bonchev–Trinajstić information content (AvgIpc) is 3.32. The Labute approximate surface area is 145 Å². The molecule has 1 aromatic heterocycles. The highest BCUT2D eigenvalue weighted by atomic mass is 16.2. The second-order valence-corrected chi connectivity index (χ2v) is 6.47. The summed E-state index contributed by atoms with van der Waals surface area (Å²) in [6.07, 6.45) is 5.52. The Morgan fingerprint density at radius 2 is 1.92 bits per heavy atom. The minimum Gasteiger partial charge on any atom is -0.341 e. The molecule has 1 fully saturated rings. The summed E-state index contributed by atoms with van der Waals surface area (Å²) in [5.41, 5.74) is 0.593. The third-order valence-corrected chi connectivity index (χ3v) is 4.93. The van der Waals surface area contributed by atoms with Crippen molar-refractivity contribution in [1.29, 1.82) is 0 Å². The van der Waals surface area contributed by atoms with E-state index in [4.69, 9.17) is 0 Å². The van der Waals surface area contributed by atoms with E-state index in [1.807, 2.05) is 47.4 Å². The van der Waals surface area contributed by atoms with E-state index >= 15 is 0 Å². The molecule has 4 rings (SSSR count). The third kappa shape index (κ3) is 3.02. The van der Waals surface area contributed by atoms with Gasteiger partial charge in [-0.05, 0) is 25.0 Å². The number of carbonyl (C=O) groups excluding carboxylic acids is 1. The molecule has 7 nitrogen and oxygen atoms in total. The lowest BCUT2D eigenvalue weighted by atomic mass is 9.95. The van der Waals surface area contributed by atoms with Crippen LogP contribution in [0, 0.1) is 0 Å². The maximum atomic E-state index is 12.5. The van der Waals surface area contributed by atoms with Crippen LogP contribution in [0.15, 0.2) is 47.3 Å².